The molecule has 0 radical (unpaired) electrons. The van der Waals surface area contributed by atoms with Crippen LogP contribution in [-0.4, -0.2) is 13.1 Å². The molecule has 2 rings (SSSR count). The van der Waals surface area contributed by atoms with E-state index in [9.17, 15) is 0 Å². The fourth-order valence-corrected chi connectivity index (χ4v) is 3.22. The van der Waals surface area contributed by atoms with E-state index in [-0.39, 0.29) is 0 Å². The van der Waals surface area contributed by atoms with Crippen molar-refractivity contribution in [3.8, 4) is 0 Å². The Hall–Kier alpha value is -0.860. The zero-order valence-electron chi connectivity index (χ0n) is 13.4. The number of hydrogen-bond donors (Lipinski definition) is 1. The summed E-state index contributed by atoms with van der Waals surface area (Å²) < 4.78 is 1.19. The van der Waals surface area contributed by atoms with Crippen LogP contribution >= 0.6 is 15.9 Å². The summed E-state index contributed by atoms with van der Waals surface area (Å²) in [7, 11) is 0. The molecule has 2 aromatic rings. The van der Waals surface area contributed by atoms with Crippen molar-refractivity contribution in [1.82, 2.24) is 5.32 Å². The Balaban J connectivity index is 2.08. The first-order chi connectivity index (χ1) is 10.0. The molecule has 0 heterocycles. The Morgan fingerprint density at radius 2 is 1.71 bits per heavy atom. The molecule has 0 spiro atoms. The summed E-state index contributed by atoms with van der Waals surface area (Å²) in [6.07, 6.45) is 3.60. The first kappa shape index (κ1) is 16.5. The monoisotopic (exact) mass is 347 g/mol. The van der Waals surface area contributed by atoms with Crippen LogP contribution in [0.25, 0.3) is 10.8 Å². The second kappa shape index (κ2) is 7.42. The lowest BCUT2D eigenvalue weighted by molar-refractivity contribution is 0.303. The molecular weight excluding hydrogens is 322 g/mol. The van der Waals surface area contributed by atoms with Crippen molar-refractivity contribution in [1.29, 1.82) is 0 Å². The maximum atomic E-state index is 3.66. The van der Waals surface area contributed by atoms with Gasteiger partial charge in [-0.2, -0.15) is 0 Å². The van der Waals surface area contributed by atoms with Gasteiger partial charge < -0.3 is 5.32 Å². The molecule has 0 aliphatic heterocycles. The Morgan fingerprint density at radius 1 is 1.00 bits per heavy atom. The lowest BCUT2D eigenvalue weighted by atomic mass is 9.82. The summed E-state index contributed by atoms with van der Waals surface area (Å²) >= 11 is 3.66. The van der Waals surface area contributed by atoms with Gasteiger partial charge in [-0.05, 0) is 60.2 Å². The highest BCUT2D eigenvalue weighted by atomic mass is 79.9. The average molecular weight is 348 g/mol. The van der Waals surface area contributed by atoms with E-state index in [1.54, 1.807) is 0 Å². The first-order valence-corrected chi connectivity index (χ1v) is 8.69. The Kier molecular flexibility index (Phi) is 5.83. The first-order valence-electron chi connectivity index (χ1n) is 7.90. The fraction of sp³-hybridized carbons (Fsp3) is 0.474. The number of rotatable bonds is 7. The molecule has 2 aromatic carbocycles. The van der Waals surface area contributed by atoms with E-state index in [4.69, 9.17) is 0 Å². The highest BCUT2D eigenvalue weighted by Crippen LogP contribution is 2.31. The molecule has 2 heteroatoms. The number of halogens is 1. The fourth-order valence-electron chi connectivity index (χ4n) is 2.74. The summed E-state index contributed by atoms with van der Waals surface area (Å²) in [5.41, 5.74) is 1.85. The number of hydrogen-bond acceptors (Lipinski definition) is 1. The molecule has 0 saturated heterocycles. The molecule has 0 atom stereocenters. The van der Waals surface area contributed by atoms with Crippen LogP contribution in [0.1, 0.15) is 39.2 Å². The van der Waals surface area contributed by atoms with Crippen LogP contribution in [0.2, 0.25) is 0 Å². The minimum absolute atomic E-state index is 0.385. The van der Waals surface area contributed by atoms with Crippen LogP contribution in [-0.2, 0) is 6.42 Å². The average Bonchev–Trinajstić information content (AvgIpc) is 2.47. The van der Waals surface area contributed by atoms with Crippen LogP contribution < -0.4 is 5.32 Å². The maximum absolute atomic E-state index is 3.66. The second-order valence-electron chi connectivity index (χ2n) is 6.52. The number of aryl methyl sites for hydroxylation is 1. The highest BCUT2D eigenvalue weighted by Gasteiger charge is 2.17. The largest absolute Gasteiger partial charge is 0.317 e. The minimum Gasteiger partial charge on any atom is -0.317 e. The van der Waals surface area contributed by atoms with E-state index in [0.717, 1.165) is 19.5 Å². The summed E-state index contributed by atoms with van der Waals surface area (Å²) in [5, 5.41) is 6.14. The quantitative estimate of drug-likeness (QED) is 0.646. The summed E-state index contributed by atoms with van der Waals surface area (Å²) in [5.74, 6) is 0. The molecule has 0 amide bonds. The van der Waals surface area contributed by atoms with Crippen molar-refractivity contribution in [3.05, 3.63) is 46.4 Å². The van der Waals surface area contributed by atoms with Gasteiger partial charge in [0, 0.05) is 4.47 Å². The van der Waals surface area contributed by atoms with Gasteiger partial charge in [0.15, 0.2) is 0 Å². The van der Waals surface area contributed by atoms with E-state index in [1.165, 1.54) is 33.7 Å². The normalized spacial score (nSPS) is 12.0. The number of benzene rings is 2. The predicted molar refractivity (Wildman–Crippen MR) is 96.9 cm³/mol. The van der Waals surface area contributed by atoms with Crippen LogP contribution in [0, 0.1) is 5.41 Å². The third kappa shape index (κ3) is 4.55. The number of nitrogens with one attached hydrogen (secondary N) is 1. The van der Waals surface area contributed by atoms with Gasteiger partial charge >= 0.3 is 0 Å². The third-order valence-corrected chi connectivity index (χ3v) is 4.95. The van der Waals surface area contributed by atoms with Crippen molar-refractivity contribution in [2.24, 2.45) is 5.41 Å². The van der Waals surface area contributed by atoms with Gasteiger partial charge in [-0.15, -0.1) is 0 Å². The summed E-state index contributed by atoms with van der Waals surface area (Å²) in [6, 6.07) is 13.1. The molecule has 0 saturated carbocycles. The second-order valence-corrected chi connectivity index (χ2v) is 7.37. The molecule has 0 aliphatic rings. The van der Waals surface area contributed by atoms with E-state index in [1.807, 2.05) is 0 Å². The topological polar surface area (TPSA) is 12.0 Å². The Bertz CT molecular complexity index is 589. The van der Waals surface area contributed by atoms with Crippen molar-refractivity contribution in [2.45, 2.75) is 40.0 Å². The van der Waals surface area contributed by atoms with Crippen molar-refractivity contribution < 1.29 is 0 Å². The van der Waals surface area contributed by atoms with Gasteiger partial charge in [0.25, 0.3) is 0 Å². The molecular formula is C19H26BrN. The number of fused-ring (bicyclic) bond motifs is 1. The zero-order valence-corrected chi connectivity index (χ0v) is 15.0. The van der Waals surface area contributed by atoms with Gasteiger partial charge in [-0.1, -0.05) is 67.0 Å². The molecule has 0 bridgehead atoms. The molecule has 0 aliphatic carbocycles. The zero-order chi connectivity index (χ0) is 15.3. The molecule has 0 fully saturated rings. The van der Waals surface area contributed by atoms with Gasteiger partial charge in [0.05, 0.1) is 0 Å². The molecule has 21 heavy (non-hydrogen) atoms. The predicted octanol–water partition coefficient (Wildman–Crippen LogP) is 5.56. The van der Waals surface area contributed by atoms with E-state index in [2.05, 4.69) is 78.4 Å². The van der Waals surface area contributed by atoms with Crippen molar-refractivity contribution >= 4 is 26.7 Å². The van der Waals surface area contributed by atoms with Crippen LogP contribution in [0.5, 0.6) is 0 Å². The van der Waals surface area contributed by atoms with E-state index >= 15 is 0 Å². The van der Waals surface area contributed by atoms with E-state index < -0.39 is 0 Å². The molecule has 1 N–H and O–H groups in total. The minimum atomic E-state index is 0.385. The van der Waals surface area contributed by atoms with Crippen molar-refractivity contribution in [3.63, 3.8) is 0 Å². The third-order valence-electron chi connectivity index (χ3n) is 4.26. The molecule has 0 unspecified atom stereocenters. The van der Waals surface area contributed by atoms with E-state index in [0.29, 0.717) is 5.41 Å². The smallest absolute Gasteiger partial charge is 0.0253 e. The highest BCUT2D eigenvalue weighted by molar-refractivity contribution is 9.10. The summed E-state index contributed by atoms with van der Waals surface area (Å²) in [6.45, 7) is 9.11. The van der Waals surface area contributed by atoms with Gasteiger partial charge in [0.2, 0.25) is 0 Å². The Labute approximate surface area is 137 Å². The maximum Gasteiger partial charge on any atom is 0.0253 e. The Morgan fingerprint density at radius 3 is 2.43 bits per heavy atom. The lowest BCUT2D eigenvalue weighted by Crippen LogP contribution is -2.22. The van der Waals surface area contributed by atoms with Gasteiger partial charge in [0.1, 0.15) is 0 Å². The molecule has 0 aromatic heterocycles. The van der Waals surface area contributed by atoms with Crippen LogP contribution in [0.4, 0.5) is 0 Å². The van der Waals surface area contributed by atoms with Crippen LogP contribution in [0.3, 0.4) is 0 Å². The van der Waals surface area contributed by atoms with Gasteiger partial charge in [-0.25, -0.2) is 0 Å². The SMILES string of the molecule is CCNCCC(C)(C)CCc1ccc(Br)c2ccccc12. The molecule has 114 valence electrons. The van der Waals surface area contributed by atoms with Crippen molar-refractivity contribution in [2.75, 3.05) is 13.1 Å². The van der Waals surface area contributed by atoms with Gasteiger partial charge in [-0.3, -0.25) is 0 Å². The lowest BCUT2D eigenvalue weighted by Gasteiger charge is -2.25. The summed E-state index contributed by atoms with van der Waals surface area (Å²) in [4.78, 5) is 0. The van der Waals surface area contributed by atoms with Crippen LogP contribution in [0.15, 0.2) is 40.9 Å². The standard InChI is InChI=1S/C19H26BrN/c1-4-21-14-13-19(2,3)12-11-15-9-10-18(20)17-8-6-5-7-16(15)17/h5-10,21H,4,11-14H2,1-3H3. The molecule has 1 nitrogen and oxygen atoms in total.